The van der Waals surface area contributed by atoms with Gasteiger partial charge in [-0.2, -0.15) is 13.2 Å². The van der Waals surface area contributed by atoms with Crippen molar-refractivity contribution in [2.45, 2.75) is 25.1 Å². The maximum Gasteiger partial charge on any atom is 0.416 e. The Labute approximate surface area is 165 Å². The van der Waals surface area contributed by atoms with E-state index in [1.54, 1.807) is 18.3 Å². The second-order valence-corrected chi connectivity index (χ2v) is 6.67. The van der Waals surface area contributed by atoms with Gasteiger partial charge in [0.15, 0.2) is 0 Å². The number of anilines is 2. The molecule has 0 radical (unpaired) electrons. The third-order valence-corrected chi connectivity index (χ3v) is 4.65. The molecule has 7 nitrogen and oxygen atoms in total. The average molecular weight is 407 g/mol. The second kappa shape index (κ2) is 8.38. The molecule has 3 rings (SSSR count). The molecule has 29 heavy (non-hydrogen) atoms. The molecular weight excluding hydrogens is 387 g/mol. The van der Waals surface area contributed by atoms with Crippen molar-refractivity contribution in [3.8, 4) is 0 Å². The van der Waals surface area contributed by atoms with Gasteiger partial charge in [-0.05, 0) is 49.2 Å². The number of rotatable bonds is 4. The zero-order valence-corrected chi connectivity index (χ0v) is 15.4. The number of nitrogens with two attached hydrogens (primary N) is 1. The Balaban J connectivity index is 1.52. The number of hydrogen-bond acceptors (Lipinski definition) is 4. The van der Waals surface area contributed by atoms with E-state index in [2.05, 4.69) is 15.6 Å². The summed E-state index contributed by atoms with van der Waals surface area (Å²) in [5, 5.41) is 5.34. The summed E-state index contributed by atoms with van der Waals surface area (Å²) in [4.78, 5) is 29.8. The Morgan fingerprint density at radius 2 is 1.76 bits per heavy atom. The van der Waals surface area contributed by atoms with Crippen molar-refractivity contribution in [2.75, 3.05) is 23.3 Å². The fourth-order valence-electron chi connectivity index (χ4n) is 3.17. The Hall–Kier alpha value is -3.30. The van der Waals surface area contributed by atoms with Crippen LogP contribution in [0.4, 0.5) is 29.5 Å². The van der Waals surface area contributed by atoms with Crippen LogP contribution in [0.3, 0.4) is 0 Å². The number of benzene rings is 1. The molecule has 2 aromatic rings. The smallest absolute Gasteiger partial charge is 0.365 e. The Kier molecular flexibility index (Phi) is 5.90. The van der Waals surface area contributed by atoms with E-state index in [1.165, 1.54) is 12.1 Å². The highest BCUT2D eigenvalue weighted by molar-refractivity contribution is 5.97. The zero-order chi connectivity index (χ0) is 21.0. The van der Waals surface area contributed by atoms with Gasteiger partial charge in [0.2, 0.25) is 0 Å². The molecule has 10 heteroatoms. The van der Waals surface area contributed by atoms with Crippen LogP contribution in [0.25, 0.3) is 0 Å². The van der Waals surface area contributed by atoms with E-state index in [-0.39, 0.29) is 11.7 Å². The number of nitrogens with one attached hydrogen (secondary N) is 2. The molecule has 0 unspecified atom stereocenters. The molecule has 1 aromatic heterocycles. The number of carbonyl (C=O) groups is 2. The van der Waals surface area contributed by atoms with Crippen molar-refractivity contribution < 1.29 is 22.8 Å². The molecular formula is C19H20F3N5O2. The number of piperidine rings is 1. The lowest BCUT2D eigenvalue weighted by molar-refractivity contribution is -0.137. The van der Waals surface area contributed by atoms with Gasteiger partial charge in [-0.15, -0.1) is 0 Å². The van der Waals surface area contributed by atoms with Crippen molar-refractivity contribution >= 4 is 23.4 Å². The summed E-state index contributed by atoms with van der Waals surface area (Å²) < 4.78 is 37.7. The number of hydrogen-bond donors (Lipinski definition) is 3. The minimum Gasteiger partial charge on any atom is -0.365 e. The lowest BCUT2D eigenvalue weighted by atomic mass is 10.0. The van der Waals surface area contributed by atoms with Crippen LogP contribution in [0.5, 0.6) is 0 Å². The number of halogens is 3. The fourth-order valence-corrected chi connectivity index (χ4v) is 3.17. The number of alkyl halides is 3. The highest BCUT2D eigenvalue weighted by atomic mass is 19.4. The van der Waals surface area contributed by atoms with Crippen LogP contribution in [-0.4, -0.2) is 36.1 Å². The lowest BCUT2D eigenvalue weighted by Gasteiger charge is -2.33. The monoisotopic (exact) mass is 407 g/mol. The molecule has 4 N–H and O–H groups in total. The standard InChI is InChI=1S/C19H20F3N5O2/c20-19(21,22)12-3-5-13(6-4-12)25-18(29)26-14-7-10-27(11-8-14)17-15(16(23)28)2-1-9-24-17/h1-6,9,14H,7-8,10-11H2,(H2,23,28)(H2,25,26,29). The predicted molar refractivity (Wildman–Crippen MR) is 102 cm³/mol. The number of pyridine rings is 1. The molecule has 2 heterocycles. The normalized spacial score (nSPS) is 15.1. The third-order valence-electron chi connectivity index (χ3n) is 4.65. The van der Waals surface area contributed by atoms with E-state index in [0.717, 1.165) is 12.1 Å². The van der Waals surface area contributed by atoms with E-state index in [9.17, 15) is 22.8 Å². The van der Waals surface area contributed by atoms with E-state index < -0.39 is 23.7 Å². The van der Waals surface area contributed by atoms with Crippen LogP contribution in [0.1, 0.15) is 28.8 Å². The average Bonchev–Trinajstić information content (AvgIpc) is 2.68. The molecule has 1 aliphatic heterocycles. The topological polar surface area (TPSA) is 100 Å². The van der Waals surface area contributed by atoms with Gasteiger partial charge in [-0.25, -0.2) is 9.78 Å². The summed E-state index contributed by atoms with van der Waals surface area (Å²) in [6.07, 6.45) is -1.59. The molecule has 0 aliphatic carbocycles. The SMILES string of the molecule is NC(=O)c1cccnc1N1CCC(NC(=O)Nc2ccc(C(F)(F)F)cc2)CC1. The number of urea groups is 1. The van der Waals surface area contributed by atoms with Gasteiger partial charge >= 0.3 is 12.2 Å². The number of aromatic nitrogens is 1. The van der Waals surface area contributed by atoms with Crippen molar-refractivity contribution in [2.24, 2.45) is 5.73 Å². The van der Waals surface area contributed by atoms with Crippen LogP contribution >= 0.6 is 0 Å². The van der Waals surface area contributed by atoms with Crippen LogP contribution in [0, 0.1) is 0 Å². The number of primary amides is 1. The summed E-state index contributed by atoms with van der Waals surface area (Å²) in [6.45, 7) is 1.14. The quantitative estimate of drug-likeness (QED) is 0.725. The maximum atomic E-state index is 12.6. The fraction of sp³-hybridized carbons (Fsp3) is 0.316. The van der Waals surface area contributed by atoms with Gasteiger partial charge in [0.05, 0.1) is 11.1 Å². The summed E-state index contributed by atoms with van der Waals surface area (Å²) in [6, 6.07) is 6.90. The van der Waals surface area contributed by atoms with Gasteiger partial charge in [0.25, 0.3) is 5.91 Å². The van der Waals surface area contributed by atoms with Crippen molar-refractivity contribution in [1.82, 2.24) is 10.3 Å². The predicted octanol–water partition coefficient (Wildman–Crippen LogP) is 2.99. The molecule has 0 bridgehead atoms. The number of amides is 3. The zero-order valence-electron chi connectivity index (χ0n) is 15.4. The van der Waals surface area contributed by atoms with Gasteiger partial charge in [0, 0.05) is 31.0 Å². The second-order valence-electron chi connectivity index (χ2n) is 6.67. The summed E-state index contributed by atoms with van der Waals surface area (Å²) >= 11 is 0. The minimum atomic E-state index is -4.42. The van der Waals surface area contributed by atoms with Crippen LogP contribution in [0.15, 0.2) is 42.6 Å². The van der Waals surface area contributed by atoms with Gasteiger partial charge in [-0.3, -0.25) is 4.79 Å². The summed E-state index contributed by atoms with van der Waals surface area (Å²) in [7, 11) is 0. The van der Waals surface area contributed by atoms with Crippen molar-refractivity contribution in [3.05, 3.63) is 53.7 Å². The molecule has 154 valence electrons. The molecule has 3 amide bonds. The van der Waals surface area contributed by atoms with Gasteiger partial charge in [-0.1, -0.05) is 0 Å². The highest BCUT2D eigenvalue weighted by Crippen LogP contribution is 2.29. The van der Waals surface area contributed by atoms with Crippen molar-refractivity contribution in [3.63, 3.8) is 0 Å². The first-order valence-electron chi connectivity index (χ1n) is 8.98. The Bertz CT molecular complexity index is 878. The first-order chi connectivity index (χ1) is 13.7. The van der Waals surface area contributed by atoms with E-state index in [1.807, 2.05) is 4.90 Å². The van der Waals surface area contributed by atoms with Crippen molar-refractivity contribution in [1.29, 1.82) is 0 Å². The maximum absolute atomic E-state index is 12.6. The molecule has 0 spiro atoms. The third kappa shape index (κ3) is 5.15. The molecule has 1 aromatic carbocycles. The first kappa shape index (κ1) is 20.4. The molecule has 1 saturated heterocycles. The number of nitrogens with zero attached hydrogens (tertiary/aromatic N) is 2. The summed E-state index contributed by atoms with van der Waals surface area (Å²) in [5.74, 6) is -0.0306. The Morgan fingerprint density at radius 3 is 2.34 bits per heavy atom. The minimum absolute atomic E-state index is 0.110. The van der Waals surface area contributed by atoms with E-state index >= 15 is 0 Å². The van der Waals surface area contributed by atoms with E-state index in [4.69, 9.17) is 5.73 Å². The van der Waals surface area contributed by atoms with Crippen LogP contribution in [-0.2, 0) is 6.18 Å². The Morgan fingerprint density at radius 1 is 1.10 bits per heavy atom. The molecule has 1 aliphatic rings. The van der Waals surface area contributed by atoms with Crippen LogP contribution < -0.4 is 21.3 Å². The largest absolute Gasteiger partial charge is 0.416 e. The van der Waals surface area contributed by atoms with E-state index in [0.29, 0.717) is 37.3 Å². The lowest BCUT2D eigenvalue weighted by Crippen LogP contribution is -2.46. The molecule has 1 fully saturated rings. The van der Waals surface area contributed by atoms with Gasteiger partial charge < -0.3 is 21.3 Å². The van der Waals surface area contributed by atoms with Crippen LogP contribution in [0.2, 0.25) is 0 Å². The highest BCUT2D eigenvalue weighted by Gasteiger charge is 2.30. The molecule has 0 saturated carbocycles. The number of carbonyl (C=O) groups excluding carboxylic acids is 2. The van der Waals surface area contributed by atoms with Gasteiger partial charge in [0.1, 0.15) is 5.82 Å². The first-order valence-corrected chi connectivity index (χ1v) is 8.98. The molecule has 0 atom stereocenters. The summed E-state index contributed by atoms with van der Waals surface area (Å²) in [5.41, 5.74) is 5.23.